The lowest BCUT2D eigenvalue weighted by molar-refractivity contribution is 0.319. The van der Waals surface area contributed by atoms with Gasteiger partial charge in [0, 0.05) is 24.2 Å². The van der Waals surface area contributed by atoms with Gasteiger partial charge in [-0.15, -0.1) is 0 Å². The average Bonchev–Trinajstić information content (AvgIpc) is 3.17. The maximum Gasteiger partial charge on any atom is 0.275 e. The van der Waals surface area contributed by atoms with Crippen molar-refractivity contribution in [3.63, 3.8) is 0 Å². The van der Waals surface area contributed by atoms with Gasteiger partial charge in [0.2, 0.25) is 4.96 Å². The normalized spacial score (nSPS) is 19.2. The molecule has 1 aliphatic heterocycles. The summed E-state index contributed by atoms with van der Waals surface area (Å²) < 4.78 is 6.89. The Morgan fingerprint density at radius 2 is 2.41 bits per heavy atom. The van der Waals surface area contributed by atoms with E-state index < -0.39 is 0 Å². The van der Waals surface area contributed by atoms with Gasteiger partial charge in [-0.1, -0.05) is 11.3 Å². The molecule has 0 radical (unpaired) electrons. The third kappa shape index (κ3) is 2.46. The second kappa shape index (κ2) is 5.33. The molecule has 0 saturated carbocycles. The number of furan rings is 1. The highest BCUT2D eigenvalue weighted by atomic mass is 32.1. The third-order valence-electron chi connectivity index (χ3n) is 3.99. The fourth-order valence-corrected chi connectivity index (χ4v) is 3.93. The molecule has 0 bridgehead atoms. The number of likely N-dealkylation sites (tertiary alicyclic amines) is 1. The topological polar surface area (TPSA) is 63.6 Å². The number of hydrogen-bond acceptors (Lipinski definition) is 6. The van der Waals surface area contributed by atoms with E-state index in [-0.39, 0.29) is 5.56 Å². The monoisotopic (exact) mass is 316 g/mol. The summed E-state index contributed by atoms with van der Waals surface area (Å²) in [6, 6.07) is 5.49. The van der Waals surface area contributed by atoms with E-state index in [0.717, 1.165) is 42.5 Å². The summed E-state index contributed by atoms with van der Waals surface area (Å²) in [6.07, 6.45) is 2.82. The Kier molecular flexibility index (Phi) is 3.31. The van der Waals surface area contributed by atoms with Gasteiger partial charge in [0.05, 0.1) is 12.8 Å². The van der Waals surface area contributed by atoms with Crippen LogP contribution in [-0.2, 0) is 6.54 Å². The predicted octanol–water partition coefficient (Wildman–Crippen LogP) is 2.04. The van der Waals surface area contributed by atoms with Crippen LogP contribution in [-0.4, -0.2) is 32.6 Å². The van der Waals surface area contributed by atoms with Gasteiger partial charge in [0.25, 0.3) is 5.56 Å². The lowest BCUT2D eigenvalue weighted by Crippen LogP contribution is -2.20. The minimum atomic E-state index is -0.111. The molecule has 1 unspecified atom stereocenters. The quantitative estimate of drug-likeness (QED) is 0.740. The van der Waals surface area contributed by atoms with E-state index in [0.29, 0.717) is 10.9 Å². The summed E-state index contributed by atoms with van der Waals surface area (Å²) in [5.41, 5.74) is 0.624. The zero-order valence-electron chi connectivity index (χ0n) is 12.2. The van der Waals surface area contributed by atoms with Crippen LogP contribution in [0, 0.1) is 6.92 Å². The van der Waals surface area contributed by atoms with Crippen molar-refractivity contribution >= 4 is 16.3 Å². The van der Waals surface area contributed by atoms with Crippen molar-refractivity contribution in [3.05, 3.63) is 51.3 Å². The average molecular weight is 316 g/mol. The van der Waals surface area contributed by atoms with Crippen LogP contribution in [0.5, 0.6) is 0 Å². The number of aryl methyl sites for hydroxylation is 1. The van der Waals surface area contributed by atoms with Crippen LogP contribution in [0.4, 0.5) is 0 Å². The highest BCUT2D eigenvalue weighted by Crippen LogP contribution is 2.28. The van der Waals surface area contributed by atoms with Gasteiger partial charge in [0.1, 0.15) is 10.8 Å². The van der Waals surface area contributed by atoms with E-state index in [2.05, 4.69) is 15.0 Å². The lowest BCUT2D eigenvalue weighted by Gasteiger charge is -2.12. The van der Waals surface area contributed by atoms with Gasteiger partial charge in [-0.2, -0.15) is 9.61 Å². The van der Waals surface area contributed by atoms with E-state index in [9.17, 15) is 4.79 Å². The molecule has 1 fully saturated rings. The molecule has 114 valence electrons. The smallest absolute Gasteiger partial charge is 0.275 e. The Labute approximate surface area is 131 Å². The Bertz CT molecular complexity index is 852. The van der Waals surface area contributed by atoms with Gasteiger partial charge in [0.15, 0.2) is 0 Å². The second-order valence-electron chi connectivity index (χ2n) is 5.66. The molecular formula is C15H16N4O2S. The SMILES string of the molecule is Cc1cc(=O)n2nc(CN3CCC(c4ccco4)C3)sc2n1. The van der Waals surface area contributed by atoms with Crippen molar-refractivity contribution < 1.29 is 4.42 Å². The van der Waals surface area contributed by atoms with Gasteiger partial charge in [-0.3, -0.25) is 9.69 Å². The summed E-state index contributed by atoms with van der Waals surface area (Å²) >= 11 is 1.49. The zero-order valence-corrected chi connectivity index (χ0v) is 13.0. The van der Waals surface area contributed by atoms with E-state index in [1.165, 1.54) is 21.9 Å². The van der Waals surface area contributed by atoms with Crippen LogP contribution in [0.15, 0.2) is 33.7 Å². The van der Waals surface area contributed by atoms with Crippen LogP contribution in [0.2, 0.25) is 0 Å². The molecule has 1 saturated heterocycles. The first-order valence-corrected chi connectivity index (χ1v) is 8.13. The molecule has 7 heteroatoms. The summed E-state index contributed by atoms with van der Waals surface area (Å²) in [5.74, 6) is 1.51. The Morgan fingerprint density at radius 3 is 3.23 bits per heavy atom. The van der Waals surface area contributed by atoms with Gasteiger partial charge in [-0.25, -0.2) is 4.98 Å². The molecule has 0 aromatic carbocycles. The number of nitrogens with zero attached hydrogens (tertiary/aromatic N) is 4. The van der Waals surface area contributed by atoms with E-state index >= 15 is 0 Å². The molecule has 0 N–H and O–H groups in total. The number of hydrogen-bond donors (Lipinski definition) is 0. The first-order valence-electron chi connectivity index (χ1n) is 7.31. The van der Waals surface area contributed by atoms with Crippen molar-refractivity contribution in [1.82, 2.24) is 19.5 Å². The molecule has 4 rings (SSSR count). The molecule has 0 amide bonds. The Hall–Kier alpha value is -1.99. The van der Waals surface area contributed by atoms with Crippen molar-refractivity contribution in [2.75, 3.05) is 13.1 Å². The molecular weight excluding hydrogens is 300 g/mol. The molecule has 1 aliphatic rings. The fraction of sp³-hybridized carbons (Fsp3) is 0.400. The van der Waals surface area contributed by atoms with Crippen molar-refractivity contribution in [3.8, 4) is 0 Å². The van der Waals surface area contributed by atoms with Crippen LogP contribution >= 0.6 is 11.3 Å². The lowest BCUT2D eigenvalue weighted by atomic mass is 10.1. The van der Waals surface area contributed by atoms with E-state index in [1.54, 1.807) is 6.26 Å². The van der Waals surface area contributed by atoms with Crippen molar-refractivity contribution in [2.24, 2.45) is 0 Å². The molecule has 3 aromatic rings. The molecule has 22 heavy (non-hydrogen) atoms. The highest BCUT2D eigenvalue weighted by Gasteiger charge is 2.26. The largest absolute Gasteiger partial charge is 0.469 e. The van der Waals surface area contributed by atoms with Crippen LogP contribution in [0.3, 0.4) is 0 Å². The zero-order chi connectivity index (χ0) is 15.1. The minimum Gasteiger partial charge on any atom is -0.469 e. The standard InChI is InChI=1S/C15H16N4O2S/c1-10-7-14(20)19-15(16-10)22-13(17-19)9-18-5-4-11(8-18)12-3-2-6-21-12/h2-3,6-7,11H,4-5,8-9H2,1H3. The Morgan fingerprint density at radius 1 is 1.50 bits per heavy atom. The molecule has 4 heterocycles. The van der Waals surface area contributed by atoms with Gasteiger partial charge in [-0.05, 0) is 32.0 Å². The van der Waals surface area contributed by atoms with Crippen molar-refractivity contribution in [1.29, 1.82) is 0 Å². The predicted molar refractivity (Wildman–Crippen MR) is 83.2 cm³/mol. The molecule has 0 spiro atoms. The molecule has 3 aromatic heterocycles. The summed E-state index contributed by atoms with van der Waals surface area (Å²) in [6.45, 7) is 4.56. The maximum atomic E-state index is 11.9. The van der Waals surface area contributed by atoms with Crippen molar-refractivity contribution in [2.45, 2.75) is 25.8 Å². The summed E-state index contributed by atoms with van der Waals surface area (Å²) in [4.78, 5) is 19.3. The highest BCUT2D eigenvalue weighted by molar-refractivity contribution is 7.16. The first-order chi connectivity index (χ1) is 10.7. The fourth-order valence-electron chi connectivity index (χ4n) is 2.95. The number of aromatic nitrogens is 3. The molecule has 1 atom stereocenters. The summed E-state index contributed by atoms with van der Waals surface area (Å²) in [7, 11) is 0. The summed E-state index contributed by atoms with van der Waals surface area (Å²) in [5, 5.41) is 5.33. The van der Waals surface area contributed by atoms with E-state index in [4.69, 9.17) is 4.42 Å². The van der Waals surface area contributed by atoms with E-state index in [1.807, 2.05) is 19.1 Å². The first kappa shape index (κ1) is 13.7. The van der Waals surface area contributed by atoms with Gasteiger partial charge < -0.3 is 4.42 Å². The molecule has 0 aliphatic carbocycles. The van der Waals surface area contributed by atoms with Gasteiger partial charge >= 0.3 is 0 Å². The minimum absolute atomic E-state index is 0.111. The molecule has 6 nitrogen and oxygen atoms in total. The van der Waals surface area contributed by atoms with Crippen LogP contribution in [0.25, 0.3) is 4.96 Å². The van der Waals surface area contributed by atoms with Crippen LogP contribution in [0.1, 0.15) is 28.8 Å². The third-order valence-corrected chi connectivity index (χ3v) is 4.88. The second-order valence-corrected chi connectivity index (χ2v) is 6.70. The Balaban J connectivity index is 1.52. The number of rotatable bonds is 3. The number of fused-ring (bicyclic) bond motifs is 1. The maximum absolute atomic E-state index is 11.9. The van der Waals surface area contributed by atoms with Crippen LogP contribution < -0.4 is 5.56 Å².